The molecule has 0 aliphatic carbocycles. The molecule has 10 nitrogen and oxygen atoms in total. The van der Waals surface area contributed by atoms with Gasteiger partial charge in [-0.15, -0.1) is 0 Å². The number of carbonyl (C=O) groups excluding carboxylic acids is 2. The number of nitrogens with one attached hydrogen (secondary N) is 2. The van der Waals surface area contributed by atoms with Crippen molar-refractivity contribution < 1.29 is 14.0 Å². The highest BCUT2D eigenvalue weighted by molar-refractivity contribution is 6.05. The van der Waals surface area contributed by atoms with Gasteiger partial charge >= 0.3 is 5.76 Å². The summed E-state index contributed by atoms with van der Waals surface area (Å²) < 4.78 is 7.55. The summed E-state index contributed by atoms with van der Waals surface area (Å²) in [5, 5.41) is 5.01. The molecule has 2 N–H and O–H groups in total. The number of hydrogen-bond acceptors (Lipinski definition) is 6. The van der Waals surface area contributed by atoms with E-state index in [1.54, 1.807) is 48.5 Å². The minimum Gasteiger partial charge on any atom is -0.408 e. The number of benzene rings is 2. The van der Waals surface area contributed by atoms with Crippen LogP contribution >= 0.6 is 0 Å². The van der Waals surface area contributed by atoms with E-state index >= 15 is 0 Å². The van der Waals surface area contributed by atoms with Crippen LogP contribution in [0.5, 0.6) is 0 Å². The zero-order chi connectivity index (χ0) is 23.4. The molecule has 2 amide bonds. The fourth-order valence-electron chi connectivity index (χ4n) is 3.60. The molecule has 0 unspecified atom stereocenters. The highest BCUT2D eigenvalue weighted by Gasteiger charge is 2.18. The van der Waals surface area contributed by atoms with E-state index in [1.165, 1.54) is 9.25 Å². The van der Waals surface area contributed by atoms with Crippen molar-refractivity contribution in [3.8, 4) is 0 Å². The average molecular weight is 449 g/mol. The van der Waals surface area contributed by atoms with Crippen LogP contribution < -0.4 is 22.2 Å². The molecule has 2 heterocycles. The van der Waals surface area contributed by atoms with Crippen LogP contribution in [0.15, 0.2) is 62.5 Å². The van der Waals surface area contributed by atoms with Gasteiger partial charge in [0.05, 0.1) is 10.9 Å². The molecule has 0 saturated heterocycles. The van der Waals surface area contributed by atoms with Gasteiger partial charge in [-0.3, -0.25) is 29.8 Å². The summed E-state index contributed by atoms with van der Waals surface area (Å²) in [6.45, 7) is 2.10. The van der Waals surface area contributed by atoms with Gasteiger partial charge in [-0.1, -0.05) is 50.1 Å². The van der Waals surface area contributed by atoms with Crippen molar-refractivity contribution >= 4 is 33.7 Å². The third-order valence-electron chi connectivity index (χ3n) is 5.25. The highest BCUT2D eigenvalue weighted by Crippen LogP contribution is 2.14. The van der Waals surface area contributed by atoms with Gasteiger partial charge in [0, 0.05) is 11.9 Å². The van der Waals surface area contributed by atoms with E-state index in [-0.39, 0.29) is 17.8 Å². The zero-order valence-corrected chi connectivity index (χ0v) is 18.0. The Bertz CT molecular complexity index is 1450. The second-order valence-electron chi connectivity index (χ2n) is 7.55. The molecule has 0 radical (unpaired) electrons. The van der Waals surface area contributed by atoms with Gasteiger partial charge in [0.1, 0.15) is 6.54 Å². The smallest absolute Gasteiger partial charge is 0.408 e. The normalized spacial score (nSPS) is 11.1. The first-order valence-corrected chi connectivity index (χ1v) is 10.7. The molecule has 0 aliphatic rings. The van der Waals surface area contributed by atoms with Crippen molar-refractivity contribution in [1.82, 2.24) is 25.2 Å². The molecule has 0 bridgehead atoms. The Labute approximate surface area is 187 Å². The van der Waals surface area contributed by atoms with Crippen LogP contribution in [0.2, 0.25) is 0 Å². The fourth-order valence-corrected chi connectivity index (χ4v) is 3.60. The lowest BCUT2D eigenvalue weighted by molar-refractivity contribution is -0.122. The molecule has 4 rings (SSSR count). The van der Waals surface area contributed by atoms with Crippen molar-refractivity contribution in [3.05, 3.63) is 75.1 Å². The van der Waals surface area contributed by atoms with Gasteiger partial charge in [0.25, 0.3) is 17.4 Å². The molecule has 0 aliphatic heterocycles. The Morgan fingerprint density at radius 2 is 1.70 bits per heavy atom. The number of para-hydroxylation sites is 2. The van der Waals surface area contributed by atoms with E-state index in [1.807, 2.05) is 0 Å². The van der Waals surface area contributed by atoms with Crippen molar-refractivity contribution in [2.75, 3.05) is 0 Å². The summed E-state index contributed by atoms with van der Waals surface area (Å²) in [4.78, 5) is 50.0. The topological polar surface area (TPSA) is 128 Å². The maximum atomic E-state index is 12.8. The maximum Gasteiger partial charge on any atom is 0.420 e. The van der Waals surface area contributed by atoms with E-state index in [4.69, 9.17) is 4.42 Å². The maximum absolute atomic E-state index is 12.8. The number of fused-ring (bicyclic) bond motifs is 2. The van der Waals surface area contributed by atoms with E-state index in [9.17, 15) is 19.2 Å². The number of rotatable bonds is 7. The van der Waals surface area contributed by atoms with Gasteiger partial charge in [-0.2, -0.15) is 5.10 Å². The third kappa shape index (κ3) is 4.54. The van der Waals surface area contributed by atoms with Gasteiger partial charge in [-0.25, -0.2) is 9.48 Å². The second-order valence-corrected chi connectivity index (χ2v) is 7.55. The Balaban J connectivity index is 1.53. The molecule has 0 fully saturated rings. The predicted octanol–water partition coefficient (Wildman–Crippen LogP) is 1.96. The van der Waals surface area contributed by atoms with E-state index in [0.717, 1.165) is 19.3 Å². The van der Waals surface area contributed by atoms with Crippen LogP contribution in [0, 0.1) is 0 Å². The lowest BCUT2D eigenvalue weighted by atomic mass is 10.1. The Kier molecular flexibility index (Phi) is 6.34. The molecule has 10 heteroatoms. The van der Waals surface area contributed by atoms with Crippen LogP contribution in [0.4, 0.5) is 0 Å². The van der Waals surface area contributed by atoms with Crippen LogP contribution in [0.1, 0.15) is 36.7 Å². The van der Waals surface area contributed by atoms with Gasteiger partial charge < -0.3 is 4.42 Å². The lowest BCUT2D eigenvalue weighted by Crippen LogP contribution is -2.44. The number of carbonyl (C=O) groups is 2. The average Bonchev–Trinajstić information content (AvgIpc) is 3.14. The highest BCUT2D eigenvalue weighted by atomic mass is 16.4. The van der Waals surface area contributed by atoms with E-state index < -0.39 is 17.6 Å². The van der Waals surface area contributed by atoms with E-state index in [2.05, 4.69) is 22.9 Å². The van der Waals surface area contributed by atoms with Gasteiger partial charge in [0.2, 0.25) is 0 Å². The Morgan fingerprint density at radius 1 is 0.970 bits per heavy atom. The Hall–Kier alpha value is -4.21. The van der Waals surface area contributed by atoms with Crippen LogP contribution in [0.25, 0.3) is 21.9 Å². The number of aromatic nitrogens is 3. The van der Waals surface area contributed by atoms with Crippen molar-refractivity contribution in [3.63, 3.8) is 0 Å². The number of hydrogen-bond donors (Lipinski definition) is 2. The molecule has 0 atom stereocenters. The second kappa shape index (κ2) is 9.51. The first-order valence-electron chi connectivity index (χ1n) is 10.7. The summed E-state index contributed by atoms with van der Waals surface area (Å²) >= 11 is 0. The summed E-state index contributed by atoms with van der Waals surface area (Å²) in [6, 6.07) is 13.4. The quantitative estimate of drug-likeness (QED) is 0.328. The van der Waals surface area contributed by atoms with Crippen LogP contribution in [-0.4, -0.2) is 26.2 Å². The molecule has 2 aromatic carbocycles. The molecule has 0 spiro atoms. The van der Waals surface area contributed by atoms with Crippen LogP contribution in [-0.2, 0) is 17.9 Å². The summed E-state index contributed by atoms with van der Waals surface area (Å²) in [5.41, 5.74) is 5.20. The number of amides is 2. The third-order valence-corrected chi connectivity index (χ3v) is 5.25. The number of aryl methyl sites for hydroxylation is 1. The Morgan fingerprint density at radius 3 is 2.48 bits per heavy atom. The summed E-state index contributed by atoms with van der Waals surface area (Å²) in [7, 11) is 0. The van der Waals surface area contributed by atoms with Gasteiger partial charge in [0.15, 0.2) is 11.3 Å². The molecule has 2 aromatic heterocycles. The van der Waals surface area contributed by atoms with Gasteiger partial charge in [-0.05, 0) is 24.6 Å². The lowest BCUT2D eigenvalue weighted by Gasteiger charge is -2.12. The molecular weight excluding hydrogens is 426 g/mol. The number of oxazole rings is 1. The standard InChI is InChI=1S/C23H23N5O5/c1-2-3-8-13-28-22(31)16-10-5-4-9-15(16)20(26-28)21(30)25-24-19(29)14-27-17-11-6-7-12-18(17)33-23(27)32/h4-7,9-12H,2-3,8,13-14H2,1H3,(H,24,29)(H,25,30). The van der Waals surface area contributed by atoms with Crippen molar-refractivity contribution in [2.24, 2.45) is 0 Å². The monoisotopic (exact) mass is 449 g/mol. The minimum atomic E-state index is -0.676. The van der Waals surface area contributed by atoms with Crippen LogP contribution in [0.3, 0.4) is 0 Å². The number of hydrazine groups is 1. The van der Waals surface area contributed by atoms with Crippen molar-refractivity contribution in [1.29, 1.82) is 0 Å². The summed E-state index contributed by atoms with van der Waals surface area (Å²) in [6.07, 6.45) is 2.67. The van der Waals surface area contributed by atoms with E-state index in [0.29, 0.717) is 28.4 Å². The summed E-state index contributed by atoms with van der Waals surface area (Å²) in [5.74, 6) is -1.98. The zero-order valence-electron chi connectivity index (χ0n) is 18.0. The molecular formula is C23H23N5O5. The fraction of sp³-hybridized carbons (Fsp3) is 0.261. The van der Waals surface area contributed by atoms with Crippen molar-refractivity contribution in [2.45, 2.75) is 39.3 Å². The largest absolute Gasteiger partial charge is 0.420 e. The number of unbranched alkanes of at least 4 members (excludes halogenated alkanes) is 2. The molecule has 0 saturated carbocycles. The SMILES string of the molecule is CCCCCn1nc(C(=O)NNC(=O)Cn2c(=O)oc3ccccc32)c2ccccc2c1=O. The first-order chi connectivity index (χ1) is 16.0. The molecule has 33 heavy (non-hydrogen) atoms. The molecule has 4 aromatic rings. The first kappa shape index (κ1) is 22.0. The number of nitrogens with zero attached hydrogens (tertiary/aromatic N) is 3. The molecule has 170 valence electrons. The minimum absolute atomic E-state index is 0.0212. The predicted molar refractivity (Wildman–Crippen MR) is 122 cm³/mol.